The Hall–Kier alpha value is -3.12. The molecule has 2 aromatic carbocycles. The van der Waals surface area contributed by atoms with Gasteiger partial charge in [-0.2, -0.15) is 5.10 Å². The Kier molecular flexibility index (Phi) is 5.36. The lowest BCUT2D eigenvalue weighted by atomic mass is 10.1. The third-order valence-corrected chi connectivity index (χ3v) is 5.67. The predicted molar refractivity (Wildman–Crippen MR) is 116 cm³/mol. The molecule has 2 aromatic heterocycles. The van der Waals surface area contributed by atoms with Gasteiger partial charge in [-0.25, -0.2) is 9.50 Å². The highest BCUT2D eigenvalue weighted by molar-refractivity contribution is 7.99. The zero-order valence-electron chi connectivity index (χ0n) is 16.5. The van der Waals surface area contributed by atoms with Crippen LogP contribution in [0, 0.1) is 13.8 Å². The van der Waals surface area contributed by atoms with Gasteiger partial charge in [0.2, 0.25) is 0 Å². The van der Waals surface area contributed by atoms with E-state index in [0.717, 1.165) is 33.2 Å². The normalized spacial score (nSPS) is 11.0. The highest BCUT2D eigenvalue weighted by Crippen LogP contribution is 2.31. The number of aromatic nitrogens is 3. The van der Waals surface area contributed by atoms with E-state index < -0.39 is 0 Å². The fourth-order valence-corrected chi connectivity index (χ4v) is 4.29. The summed E-state index contributed by atoms with van der Waals surface area (Å²) in [6, 6.07) is 19.4. The predicted octanol–water partition coefficient (Wildman–Crippen LogP) is 5.00. The van der Waals surface area contributed by atoms with E-state index in [1.54, 1.807) is 19.2 Å². The van der Waals surface area contributed by atoms with Gasteiger partial charge < -0.3 is 4.74 Å². The Labute approximate surface area is 173 Å². The van der Waals surface area contributed by atoms with Crippen molar-refractivity contribution < 1.29 is 9.53 Å². The minimum Gasteiger partial charge on any atom is -0.496 e. The molecule has 146 valence electrons. The van der Waals surface area contributed by atoms with Crippen LogP contribution in [0.2, 0.25) is 0 Å². The molecule has 0 unspecified atom stereocenters. The topological polar surface area (TPSA) is 56.5 Å². The van der Waals surface area contributed by atoms with Gasteiger partial charge in [-0.05, 0) is 37.6 Å². The number of hydrogen-bond donors (Lipinski definition) is 0. The number of thioether (sulfide) groups is 1. The molecule has 4 rings (SSSR count). The Bertz CT molecular complexity index is 1190. The van der Waals surface area contributed by atoms with Gasteiger partial charge in [0, 0.05) is 11.3 Å². The second kappa shape index (κ2) is 8.09. The van der Waals surface area contributed by atoms with Crippen LogP contribution < -0.4 is 4.74 Å². The number of hydrogen-bond acceptors (Lipinski definition) is 5. The molecule has 29 heavy (non-hydrogen) atoms. The molecule has 4 aromatic rings. The van der Waals surface area contributed by atoms with Crippen molar-refractivity contribution in [2.75, 3.05) is 12.9 Å². The first-order valence-corrected chi connectivity index (χ1v) is 10.3. The average molecular weight is 404 g/mol. The molecule has 0 N–H and O–H groups in total. The Morgan fingerprint density at radius 3 is 2.55 bits per heavy atom. The van der Waals surface area contributed by atoms with Gasteiger partial charge in [0.05, 0.1) is 24.1 Å². The van der Waals surface area contributed by atoms with Crippen molar-refractivity contribution in [2.24, 2.45) is 0 Å². The molecule has 2 heterocycles. The number of para-hydroxylation sites is 1. The first kappa shape index (κ1) is 19.2. The van der Waals surface area contributed by atoms with Crippen LogP contribution in [-0.2, 0) is 0 Å². The van der Waals surface area contributed by atoms with Gasteiger partial charge in [-0.1, -0.05) is 54.2 Å². The summed E-state index contributed by atoms with van der Waals surface area (Å²) in [5, 5.41) is 5.60. The Balaban J connectivity index is 1.69. The lowest BCUT2D eigenvalue weighted by molar-refractivity contribution is 0.101. The van der Waals surface area contributed by atoms with Crippen molar-refractivity contribution in [2.45, 2.75) is 18.9 Å². The largest absolute Gasteiger partial charge is 0.496 e. The summed E-state index contributed by atoms with van der Waals surface area (Å²) in [4.78, 5) is 17.5. The lowest BCUT2D eigenvalue weighted by Crippen LogP contribution is -2.06. The molecule has 0 radical (unpaired) electrons. The van der Waals surface area contributed by atoms with E-state index in [0.29, 0.717) is 17.1 Å². The monoisotopic (exact) mass is 403 g/mol. The SMILES string of the molecule is COc1ccccc1C(=O)CSc1cc(C)nc2c(-c3ccccc3)c(C)nn12. The number of fused-ring (bicyclic) bond motifs is 1. The zero-order chi connectivity index (χ0) is 20.4. The smallest absolute Gasteiger partial charge is 0.176 e. The van der Waals surface area contributed by atoms with Crippen molar-refractivity contribution >= 4 is 23.2 Å². The Morgan fingerprint density at radius 1 is 1.07 bits per heavy atom. The van der Waals surface area contributed by atoms with Crippen LogP contribution in [0.5, 0.6) is 5.75 Å². The summed E-state index contributed by atoms with van der Waals surface area (Å²) in [6.45, 7) is 3.95. The first-order chi connectivity index (χ1) is 14.1. The van der Waals surface area contributed by atoms with Gasteiger partial charge in [0.1, 0.15) is 10.8 Å². The number of carbonyl (C=O) groups is 1. The average Bonchev–Trinajstić information content (AvgIpc) is 3.08. The molecule has 0 fully saturated rings. The number of Topliss-reactive ketones (excluding diaryl/α,β-unsaturated/α-hetero) is 1. The summed E-state index contributed by atoms with van der Waals surface area (Å²) in [6.07, 6.45) is 0. The maximum absolute atomic E-state index is 12.8. The third-order valence-electron chi connectivity index (χ3n) is 4.68. The maximum Gasteiger partial charge on any atom is 0.176 e. The summed E-state index contributed by atoms with van der Waals surface area (Å²) in [5.74, 6) is 0.899. The third kappa shape index (κ3) is 3.76. The molecule has 5 nitrogen and oxygen atoms in total. The number of rotatable bonds is 6. The van der Waals surface area contributed by atoms with Crippen molar-refractivity contribution in [3.05, 3.63) is 77.6 Å². The molecule has 0 spiro atoms. The van der Waals surface area contributed by atoms with Gasteiger partial charge in [-0.15, -0.1) is 0 Å². The number of ether oxygens (including phenoxy) is 1. The molecule has 0 aliphatic heterocycles. The molecule has 0 aliphatic carbocycles. The van der Waals surface area contributed by atoms with E-state index in [9.17, 15) is 4.79 Å². The van der Waals surface area contributed by atoms with Crippen LogP contribution in [0.4, 0.5) is 0 Å². The summed E-state index contributed by atoms with van der Waals surface area (Å²) in [7, 11) is 1.58. The van der Waals surface area contributed by atoms with Crippen LogP contribution >= 0.6 is 11.8 Å². The molecular weight excluding hydrogens is 382 g/mol. The fourth-order valence-electron chi connectivity index (χ4n) is 3.35. The molecule has 0 saturated heterocycles. The van der Waals surface area contributed by atoms with E-state index in [1.165, 1.54) is 11.8 Å². The van der Waals surface area contributed by atoms with E-state index in [1.807, 2.05) is 54.8 Å². The number of ketones is 1. The standard InChI is InChI=1S/C23H21N3O2S/c1-15-13-21(29-14-19(27)18-11-7-8-12-20(18)28-3)26-23(24-15)22(16(2)25-26)17-9-5-4-6-10-17/h4-13H,14H2,1-3H3. The van der Waals surface area contributed by atoms with E-state index in [2.05, 4.69) is 12.1 Å². The van der Waals surface area contributed by atoms with Crippen molar-refractivity contribution in [3.8, 4) is 16.9 Å². The van der Waals surface area contributed by atoms with Crippen LogP contribution in [-0.4, -0.2) is 33.2 Å². The molecule has 0 saturated carbocycles. The van der Waals surface area contributed by atoms with Crippen molar-refractivity contribution in [1.29, 1.82) is 0 Å². The van der Waals surface area contributed by atoms with E-state index >= 15 is 0 Å². The number of aryl methyl sites for hydroxylation is 2. The van der Waals surface area contributed by atoms with Gasteiger partial charge in [0.15, 0.2) is 11.4 Å². The molecular formula is C23H21N3O2S. The highest BCUT2D eigenvalue weighted by Gasteiger charge is 2.18. The number of benzene rings is 2. The second-order valence-electron chi connectivity index (χ2n) is 6.71. The zero-order valence-corrected chi connectivity index (χ0v) is 17.4. The molecule has 0 aliphatic rings. The number of nitrogens with zero attached hydrogens (tertiary/aromatic N) is 3. The molecule has 0 amide bonds. The summed E-state index contributed by atoms with van der Waals surface area (Å²) >= 11 is 1.46. The molecule has 0 bridgehead atoms. The van der Waals surface area contributed by atoms with Gasteiger partial charge in [0.25, 0.3) is 0 Å². The van der Waals surface area contributed by atoms with Gasteiger partial charge in [-0.3, -0.25) is 4.79 Å². The number of methoxy groups -OCH3 is 1. The molecule has 6 heteroatoms. The first-order valence-electron chi connectivity index (χ1n) is 9.30. The quantitative estimate of drug-likeness (QED) is 0.258. The van der Waals surface area contributed by atoms with Crippen LogP contribution in [0.25, 0.3) is 16.8 Å². The minimum absolute atomic E-state index is 0.0160. The van der Waals surface area contributed by atoms with Crippen LogP contribution in [0.15, 0.2) is 65.7 Å². The lowest BCUT2D eigenvalue weighted by Gasteiger charge is -2.09. The number of carbonyl (C=O) groups excluding carboxylic acids is 1. The molecule has 0 atom stereocenters. The van der Waals surface area contributed by atoms with Gasteiger partial charge >= 0.3 is 0 Å². The van der Waals surface area contributed by atoms with Crippen LogP contribution in [0.3, 0.4) is 0 Å². The highest BCUT2D eigenvalue weighted by atomic mass is 32.2. The van der Waals surface area contributed by atoms with Crippen LogP contribution in [0.1, 0.15) is 21.7 Å². The van der Waals surface area contributed by atoms with E-state index in [-0.39, 0.29) is 5.78 Å². The Morgan fingerprint density at radius 2 is 1.79 bits per heavy atom. The summed E-state index contributed by atoms with van der Waals surface area (Å²) in [5.41, 5.74) is 5.30. The fraction of sp³-hybridized carbons (Fsp3) is 0.174. The maximum atomic E-state index is 12.8. The van der Waals surface area contributed by atoms with Crippen molar-refractivity contribution in [3.63, 3.8) is 0 Å². The minimum atomic E-state index is 0.0160. The van der Waals surface area contributed by atoms with E-state index in [4.69, 9.17) is 14.8 Å². The summed E-state index contributed by atoms with van der Waals surface area (Å²) < 4.78 is 7.16. The van der Waals surface area contributed by atoms with Crippen molar-refractivity contribution in [1.82, 2.24) is 14.6 Å². The second-order valence-corrected chi connectivity index (χ2v) is 7.71.